The van der Waals surface area contributed by atoms with Gasteiger partial charge < -0.3 is 15.0 Å². The number of hydrogen-bond acceptors (Lipinski definition) is 6. The van der Waals surface area contributed by atoms with Crippen LogP contribution in [0.3, 0.4) is 0 Å². The maximum Gasteiger partial charge on any atom is 0.258 e. The third kappa shape index (κ3) is 6.81. The smallest absolute Gasteiger partial charge is 0.258 e. The van der Waals surface area contributed by atoms with Crippen LogP contribution in [0.5, 0.6) is 5.75 Å². The lowest BCUT2D eigenvalue weighted by molar-refractivity contribution is -0.123. The Morgan fingerprint density at radius 1 is 1.03 bits per heavy atom. The number of rotatable bonds is 9. The van der Waals surface area contributed by atoms with Gasteiger partial charge in [-0.1, -0.05) is 57.5 Å². The Labute approximate surface area is 243 Å². The van der Waals surface area contributed by atoms with Crippen molar-refractivity contribution in [3.05, 3.63) is 93.7 Å². The van der Waals surface area contributed by atoms with Gasteiger partial charge in [-0.15, -0.1) is 10.2 Å². The Morgan fingerprint density at radius 3 is 2.59 bits per heavy atom. The molecule has 39 heavy (non-hydrogen) atoms. The van der Waals surface area contributed by atoms with Crippen molar-refractivity contribution in [3.63, 3.8) is 0 Å². The molecule has 0 saturated heterocycles. The number of nitrogens with one attached hydrogen (secondary N) is 1. The van der Waals surface area contributed by atoms with Gasteiger partial charge in [0, 0.05) is 27.4 Å². The highest BCUT2D eigenvalue weighted by atomic mass is 79.9. The van der Waals surface area contributed by atoms with E-state index in [1.807, 2.05) is 51.9 Å². The molecule has 0 saturated carbocycles. The van der Waals surface area contributed by atoms with Crippen LogP contribution < -0.4 is 15.0 Å². The number of nitrogens with zero attached hydrogens (tertiary/aromatic N) is 4. The minimum atomic E-state index is -0.302. The van der Waals surface area contributed by atoms with Crippen LogP contribution in [-0.4, -0.2) is 45.5 Å². The minimum Gasteiger partial charge on any atom is -0.484 e. The average molecular weight is 627 g/mol. The molecule has 2 heterocycles. The fraction of sp³-hybridized carbons (Fsp3) is 0.214. The van der Waals surface area contributed by atoms with Gasteiger partial charge in [-0.25, -0.2) is 0 Å². The monoisotopic (exact) mass is 625 g/mol. The van der Waals surface area contributed by atoms with E-state index in [0.717, 1.165) is 28.7 Å². The summed E-state index contributed by atoms with van der Waals surface area (Å²) in [4.78, 5) is 27.5. The van der Waals surface area contributed by atoms with E-state index in [9.17, 15) is 9.59 Å². The third-order valence-electron chi connectivity index (χ3n) is 6.15. The van der Waals surface area contributed by atoms with Crippen LogP contribution in [0, 0.1) is 0 Å². The van der Waals surface area contributed by atoms with E-state index in [1.54, 1.807) is 24.3 Å². The molecule has 0 atom stereocenters. The van der Waals surface area contributed by atoms with Gasteiger partial charge in [0.2, 0.25) is 5.91 Å². The Hall–Kier alpha value is -3.34. The molecule has 1 N–H and O–H groups in total. The van der Waals surface area contributed by atoms with Gasteiger partial charge in [-0.3, -0.25) is 14.2 Å². The molecule has 1 aliphatic heterocycles. The van der Waals surface area contributed by atoms with Crippen molar-refractivity contribution in [3.8, 4) is 11.4 Å². The standard InChI is InChI=1S/C28H25BrClN5O3S/c29-20-7-11-22(12-8-20)35-25(16-31-26(36)17-38-23-13-9-21(30)10-14-23)32-33-28(35)39-18-27(37)34-15-3-5-19-4-1-2-6-24(19)34/h1-2,4,6-14H,3,5,15-18H2,(H,31,36). The second kappa shape index (κ2) is 12.7. The predicted molar refractivity (Wildman–Crippen MR) is 156 cm³/mol. The molecule has 0 unspecified atom stereocenters. The van der Waals surface area contributed by atoms with Crippen molar-refractivity contribution < 1.29 is 14.3 Å². The van der Waals surface area contributed by atoms with Gasteiger partial charge in [0.25, 0.3) is 5.91 Å². The highest BCUT2D eigenvalue weighted by Gasteiger charge is 2.23. The summed E-state index contributed by atoms with van der Waals surface area (Å²) in [6.07, 6.45) is 1.92. The molecule has 1 aliphatic rings. The fourth-order valence-corrected chi connectivity index (χ4v) is 5.50. The van der Waals surface area contributed by atoms with Crippen LogP contribution in [0.2, 0.25) is 5.02 Å². The molecule has 200 valence electrons. The van der Waals surface area contributed by atoms with Crippen LogP contribution in [-0.2, 0) is 22.6 Å². The van der Waals surface area contributed by atoms with E-state index in [-0.39, 0.29) is 30.7 Å². The zero-order valence-electron chi connectivity index (χ0n) is 20.8. The first-order valence-electron chi connectivity index (χ1n) is 12.3. The number of aryl methyl sites for hydroxylation is 1. The summed E-state index contributed by atoms with van der Waals surface area (Å²) in [6.45, 7) is 0.687. The summed E-state index contributed by atoms with van der Waals surface area (Å²) >= 11 is 10.7. The number of benzene rings is 3. The SMILES string of the molecule is O=C(COc1ccc(Cl)cc1)NCc1nnc(SCC(=O)N2CCCc3ccccc32)n1-c1ccc(Br)cc1. The Kier molecular flexibility index (Phi) is 8.85. The zero-order chi connectivity index (χ0) is 27.2. The Bertz CT molecular complexity index is 1460. The Morgan fingerprint density at radius 2 is 1.79 bits per heavy atom. The van der Waals surface area contributed by atoms with E-state index in [0.29, 0.717) is 28.3 Å². The number of carbonyl (C=O) groups excluding carboxylic acids is 2. The average Bonchev–Trinajstić information content (AvgIpc) is 3.37. The molecule has 2 amide bonds. The highest BCUT2D eigenvalue weighted by Crippen LogP contribution is 2.29. The normalized spacial score (nSPS) is 12.6. The molecule has 0 bridgehead atoms. The summed E-state index contributed by atoms with van der Waals surface area (Å²) in [5.41, 5.74) is 2.99. The van der Waals surface area contributed by atoms with Crippen LogP contribution >= 0.6 is 39.3 Å². The molecule has 0 spiro atoms. The van der Waals surface area contributed by atoms with Crippen molar-refractivity contribution in [2.75, 3.05) is 23.8 Å². The number of fused-ring (bicyclic) bond motifs is 1. The quantitative estimate of drug-likeness (QED) is 0.249. The maximum atomic E-state index is 13.2. The first-order chi connectivity index (χ1) is 19.0. The van der Waals surface area contributed by atoms with Gasteiger partial charge in [0.1, 0.15) is 5.75 Å². The molecule has 5 rings (SSSR count). The van der Waals surface area contributed by atoms with E-state index >= 15 is 0 Å². The van der Waals surface area contributed by atoms with E-state index in [4.69, 9.17) is 16.3 Å². The molecule has 0 aliphatic carbocycles. The number of aromatic nitrogens is 3. The zero-order valence-corrected chi connectivity index (χ0v) is 24.0. The van der Waals surface area contributed by atoms with Gasteiger partial charge in [-0.05, 0) is 73.0 Å². The lowest BCUT2D eigenvalue weighted by Gasteiger charge is -2.29. The van der Waals surface area contributed by atoms with Gasteiger partial charge in [-0.2, -0.15) is 0 Å². The van der Waals surface area contributed by atoms with Crippen molar-refractivity contribution >= 4 is 56.8 Å². The third-order valence-corrected chi connectivity index (χ3v) is 7.84. The number of carbonyl (C=O) groups is 2. The molecule has 0 radical (unpaired) electrons. The first kappa shape index (κ1) is 27.2. The summed E-state index contributed by atoms with van der Waals surface area (Å²) in [7, 11) is 0. The van der Waals surface area contributed by atoms with Crippen LogP contribution in [0.15, 0.2) is 82.4 Å². The number of amides is 2. The van der Waals surface area contributed by atoms with E-state index in [2.05, 4.69) is 37.5 Å². The van der Waals surface area contributed by atoms with E-state index < -0.39 is 0 Å². The van der Waals surface area contributed by atoms with E-state index in [1.165, 1.54) is 17.3 Å². The second-order valence-corrected chi connectivity index (χ2v) is 11.1. The number of ether oxygens (including phenoxy) is 1. The van der Waals surface area contributed by atoms with Crippen molar-refractivity contribution in [2.24, 2.45) is 0 Å². The second-order valence-electron chi connectivity index (χ2n) is 8.80. The fourth-order valence-electron chi connectivity index (χ4n) is 4.26. The Balaban J connectivity index is 1.27. The van der Waals surface area contributed by atoms with Crippen LogP contribution in [0.1, 0.15) is 17.8 Å². The van der Waals surface area contributed by atoms with Crippen molar-refractivity contribution in [2.45, 2.75) is 24.5 Å². The van der Waals surface area contributed by atoms with Gasteiger partial charge in [0.05, 0.1) is 12.3 Å². The number of anilines is 1. The topological polar surface area (TPSA) is 89.3 Å². The van der Waals surface area contributed by atoms with Crippen LogP contribution in [0.25, 0.3) is 5.69 Å². The molecule has 1 aromatic heterocycles. The van der Waals surface area contributed by atoms with Crippen LogP contribution in [0.4, 0.5) is 5.69 Å². The summed E-state index contributed by atoms with van der Waals surface area (Å²) in [5.74, 6) is 1.02. The summed E-state index contributed by atoms with van der Waals surface area (Å²) in [5, 5.41) is 12.7. The van der Waals surface area contributed by atoms with Gasteiger partial charge in [0.15, 0.2) is 17.6 Å². The minimum absolute atomic E-state index is 0.0201. The largest absolute Gasteiger partial charge is 0.484 e. The molecule has 8 nitrogen and oxygen atoms in total. The molecular formula is C28H25BrClN5O3S. The number of thioether (sulfide) groups is 1. The summed E-state index contributed by atoms with van der Waals surface area (Å²) < 4.78 is 8.32. The van der Waals surface area contributed by atoms with Gasteiger partial charge >= 0.3 is 0 Å². The number of hydrogen-bond donors (Lipinski definition) is 1. The first-order valence-corrected chi connectivity index (χ1v) is 14.5. The maximum absolute atomic E-state index is 13.2. The summed E-state index contributed by atoms with van der Waals surface area (Å²) in [6, 6.07) is 22.5. The number of para-hydroxylation sites is 1. The highest BCUT2D eigenvalue weighted by molar-refractivity contribution is 9.10. The molecule has 11 heteroatoms. The number of halogens is 2. The lowest BCUT2D eigenvalue weighted by Crippen LogP contribution is -2.36. The van der Waals surface area contributed by atoms with Crippen molar-refractivity contribution in [1.82, 2.24) is 20.1 Å². The molecule has 0 fully saturated rings. The lowest BCUT2D eigenvalue weighted by atomic mass is 10.0. The predicted octanol–water partition coefficient (Wildman–Crippen LogP) is 5.45. The van der Waals surface area contributed by atoms with Crippen molar-refractivity contribution in [1.29, 1.82) is 0 Å². The molecular weight excluding hydrogens is 602 g/mol. The molecule has 3 aromatic carbocycles. The molecule has 4 aromatic rings.